The van der Waals surface area contributed by atoms with Crippen LogP contribution in [0, 0.1) is 18.8 Å². The Hall–Kier alpha value is -2.56. The normalized spacial score (nSPS) is 19.8. The van der Waals surface area contributed by atoms with Gasteiger partial charge in [0.05, 0.1) is 0 Å². The Kier molecular flexibility index (Phi) is 5.68. The Morgan fingerprint density at radius 1 is 1.15 bits per heavy atom. The summed E-state index contributed by atoms with van der Waals surface area (Å²) < 4.78 is 5.52. The first-order chi connectivity index (χ1) is 12.9. The summed E-state index contributed by atoms with van der Waals surface area (Å²) in [7, 11) is 0. The number of carbonyl (C=O) groups excluding carboxylic acids is 2. The summed E-state index contributed by atoms with van der Waals surface area (Å²) in [6.07, 6.45) is 1.89. The van der Waals surface area contributed by atoms with Gasteiger partial charge in [-0.15, -0.1) is 0 Å². The molecule has 1 fully saturated rings. The molecule has 2 heterocycles. The van der Waals surface area contributed by atoms with Gasteiger partial charge < -0.3 is 14.6 Å². The summed E-state index contributed by atoms with van der Waals surface area (Å²) in [5.74, 6) is 1.79. The van der Waals surface area contributed by atoms with Crippen molar-refractivity contribution in [3.8, 4) is 0 Å². The van der Waals surface area contributed by atoms with Gasteiger partial charge in [0.2, 0.25) is 0 Å². The number of likely N-dealkylation sites (tertiary alicyclic amines) is 1. The molecule has 1 aliphatic heterocycles. The monoisotopic (exact) mass is 368 g/mol. The second-order valence-corrected chi connectivity index (χ2v) is 7.76. The Bertz CT molecular complexity index is 830. The number of rotatable bonds is 4. The van der Waals surface area contributed by atoms with Crippen molar-refractivity contribution in [1.82, 2.24) is 4.90 Å². The van der Waals surface area contributed by atoms with E-state index < -0.39 is 0 Å². The van der Waals surface area contributed by atoms with Crippen molar-refractivity contribution in [1.29, 1.82) is 0 Å². The van der Waals surface area contributed by atoms with E-state index in [2.05, 4.69) is 19.2 Å². The van der Waals surface area contributed by atoms with Crippen molar-refractivity contribution in [3.63, 3.8) is 0 Å². The van der Waals surface area contributed by atoms with Gasteiger partial charge in [-0.3, -0.25) is 9.59 Å². The molecule has 2 unspecified atom stereocenters. The maximum absolute atomic E-state index is 12.9. The molecule has 2 atom stereocenters. The van der Waals surface area contributed by atoms with Gasteiger partial charge in [0.15, 0.2) is 5.76 Å². The van der Waals surface area contributed by atoms with Gasteiger partial charge in [-0.1, -0.05) is 26.8 Å². The lowest BCUT2D eigenvalue weighted by molar-refractivity contribution is 0.0623. The van der Waals surface area contributed by atoms with E-state index in [9.17, 15) is 9.59 Å². The van der Waals surface area contributed by atoms with Crippen molar-refractivity contribution >= 4 is 17.5 Å². The molecule has 0 saturated carbocycles. The van der Waals surface area contributed by atoms with Crippen molar-refractivity contribution in [3.05, 3.63) is 53.0 Å². The molecule has 0 radical (unpaired) electrons. The van der Waals surface area contributed by atoms with E-state index in [1.807, 2.05) is 30.9 Å². The van der Waals surface area contributed by atoms with Crippen LogP contribution in [0.3, 0.4) is 0 Å². The van der Waals surface area contributed by atoms with E-state index in [1.165, 1.54) is 0 Å². The quantitative estimate of drug-likeness (QED) is 0.863. The van der Waals surface area contributed by atoms with Crippen molar-refractivity contribution < 1.29 is 14.0 Å². The largest absolute Gasteiger partial charge is 0.456 e. The first-order valence-electron chi connectivity index (χ1n) is 9.67. The lowest BCUT2D eigenvalue weighted by Gasteiger charge is -2.35. The molecule has 1 saturated heterocycles. The van der Waals surface area contributed by atoms with Gasteiger partial charge >= 0.3 is 0 Å². The average molecular weight is 368 g/mol. The molecule has 1 aromatic carbocycles. The standard InChI is InChI=1S/C22H28N2O3/c1-5-18-8-9-20(27-18)21(25)23-19-11-17(7-6-16(19)4)22(26)24-12-14(2)10-15(3)13-24/h6-9,11,14-15H,5,10,12-13H2,1-4H3,(H,23,25). The van der Waals surface area contributed by atoms with Crippen molar-refractivity contribution in [2.24, 2.45) is 11.8 Å². The molecule has 5 heteroatoms. The number of anilines is 1. The lowest BCUT2D eigenvalue weighted by Crippen LogP contribution is -2.42. The summed E-state index contributed by atoms with van der Waals surface area (Å²) in [6.45, 7) is 9.82. The summed E-state index contributed by atoms with van der Waals surface area (Å²) in [5, 5.41) is 2.88. The van der Waals surface area contributed by atoms with Crippen molar-refractivity contribution in [2.75, 3.05) is 18.4 Å². The Morgan fingerprint density at radius 2 is 1.85 bits per heavy atom. The third-order valence-electron chi connectivity index (χ3n) is 5.12. The third-order valence-corrected chi connectivity index (χ3v) is 5.12. The molecule has 0 bridgehead atoms. The van der Waals surface area contributed by atoms with E-state index >= 15 is 0 Å². The van der Waals surface area contributed by atoms with Gasteiger partial charge in [0.25, 0.3) is 11.8 Å². The van der Waals surface area contributed by atoms with E-state index in [-0.39, 0.29) is 17.6 Å². The minimum absolute atomic E-state index is 0.0233. The zero-order chi connectivity index (χ0) is 19.6. The van der Waals surface area contributed by atoms with E-state index in [0.29, 0.717) is 23.1 Å². The predicted molar refractivity (Wildman–Crippen MR) is 106 cm³/mol. The molecule has 1 aliphatic rings. The number of carbonyl (C=O) groups is 2. The fourth-order valence-electron chi connectivity index (χ4n) is 3.77. The first-order valence-corrected chi connectivity index (χ1v) is 9.67. The van der Waals surface area contributed by atoms with Crippen LogP contribution in [0.25, 0.3) is 0 Å². The number of hydrogen-bond donors (Lipinski definition) is 1. The van der Waals surface area contributed by atoms with Crippen LogP contribution in [0.4, 0.5) is 5.69 Å². The highest BCUT2D eigenvalue weighted by Gasteiger charge is 2.26. The number of nitrogens with zero attached hydrogens (tertiary/aromatic N) is 1. The molecule has 0 spiro atoms. The van der Waals surface area contributed by atoms with Crippen LogP contribution in [0.15, 0.2) is 34.7 Å². The van der Waals surface area contributed by atoms with Crippen LogP contribution in [0.2, 0.25) is 0 Å². The van der Waals surface area contributed by atoms with Crippen LogP contribution >= 0.6 is 0 Å². The Labute approximate surface area is 160 Å². The number of aryl methyl sites for hydroxylation is 2. The Balaban J connectivity index is 1.77. The van der Waals surface area contributed by atoms with Crippen LogP contribution in [0.1, 0.15) is 59.4 Å². The van der Waals surface area contributed by atoms with E-state index in [0.717, 1.165) is 37.3 Å². The zero-order valence-corrected chi connectivity index (χ0v) is 16.5. The fraction of sp³-hybridized carbons (Fsp3) is 0.455. The number of nitrogens with one attached hydrogen (secondary N) is 1. The topological polar surface area (TPSA) is 62.6 Å². The maximum atomic E-state index is 12.9. The maximum Gasteiger partial charge on any atom is 0.291 e. The second kappa shape index (κ2) is 7.99. The highest BCUT2D eigenvalue weighted by molar-refractivity contribution is 6.04. The Morgan fingerprint density at radius 3 is 2.48 bits per heavy atom. The van der Waals surface area contributed by atoms with Crippen LogP contribution in [0.5, 0.6) is 0 Å². The molecule has 5 nitrogen and oxygen atoms in total. The van der Waals surface area contributed by atoms with Gasteiger partial charge in [-0.25, -0.2) is 0 Å². The number of furan rings is 1. The minimum Gasteiger partial charge on any atom is -0.456 e. The average Bonchev–Trinajstić information content (AvgIpc) is 3.11. The molecule has 3 rings (SSSR count). The van der Waals surface area contributed by atoms with Crippen LogP contribution < -0.4 is 5.32 Å². The molecule has 2 amide bonds. The molecule has 2 aromatic rings. The van der Waals surface area contributed by atoms with Crippen molar-refractivity contribution in [2.45, 2.75) is 40.5 Å². The first kappa shape index (κ1) is 19.2. The number of piperidine rings is 1. The molecule has 1 aromatic heterocycles. The van der Waals surface area contributed by atoms with Gasteiger partial charge in [-0.2, -0.15) is 0 Å². The second-order valence-electron chi connectivity index (χ2n) is 7.76. The smallest absolute Gasteiger partial charge is 0.291 e. The summed E-state index contributed by atoms with van der Waals surface area (Å²) in [5.41, 5.74) is 2.15. The third kappa shape index (κ3) is 4.41. The molecule has 144 valence electrons. The summed E-state index contributed by atoms with van der Waals surface area (Å²) in [6, 6.07) is 8.96. The molecular weight excluding hydrogens is 340 g/mol. The zero-order valence-electron chi connectivity index (χ0n) is 16.5. The van der Waals surface area contributed by atoms with Gasteiger partial charge in [0.1, 0.15) is 5.76 Å². The van der Waals surface area contributed by atoms with E-state index in [1.54, 1.807) is 18.2 Å². The van der Waals surface area contributed by atoms with Gasteiger partial charge in [-0.05, 0) is 55.0 Å². The van der Waals surface area contributed by atoms with Crippen LogP contribution in [-0.4, -0.2) is 29.8 Å². The molecular formula is C22H28N2O3. The fourth-order valence-corrected chi connectivity index (χ4v) is 3.77. The SMILES string of the molecule is CCc1ccc(C(=O)Nc2cc(C(=O)N3CC(C)CC(C)C3)ccc2C)o1. The summed E-state index contributed by atoms with van der Waals surface area (Å²) >= 11 is 0. The van der Waals surface area contributed by atoms with E-state index in [4.69, 9.17) is 4.42 Å². The molecule has 1 N–H and O–H groups in total. The summed E-state index contributed by atoms with van der Waals surface area (Å²) in [4.78, 5) is 27.3. The highest BCUT2D eigenvalue weighted by atomic mass is 16.3. The molecule has 27 heavy (non-hydrogen) atoms. The van der Waals surface area contributed by atoms with Gasteiger partial charge in [0, 0.05) is 30.8 Å². The van der Waals surface area contributed by atoms with Crippen LogP contribution in [-0.2, 0) is 6.42 Å². The highest BCUT2D eigenvalue weighted by Crippen LogP contribution is 2.24. The lowest BCUT2D eigenvalue weighted by atomic mass is 9.91. The number of benzene rings is 1. The number of hydrogen-bond acceptors (Lipinski definition) is 3. The predicted octanol–water partition coefficient (Wildman–Crippen LogP) is 4.52. The molecule has 0 aliphatic carbocycles. The minimum atomic E-state index is -0.303. The number of amides is 2.